The summed E-state index contributed by atoms with van der Waals surface area (Å²) in [6.07, 6.45) is 12.3. The summed E-state index contributed by atoms with van der Waals surface area (Å²) in [4.78, 5) is 11.9. The molecule has 1 fully saturated rings. The van der Waals surface area contributed by atoms with Crippen molar-refractivity contribution < 1.29 is 19.4 Å². The molecule has 0 bridgehead atoms. The quantitative estimate of drug-likeness (QED) is 0.312. The lowest BCUT2D eigenvalue weighted by Gasteiger charge is -2.36. The molecule has 1 saturated carbocycles. The second-order valence-electron chi connectivity index (χ2n) is 8.52. The first kappa shape index (κ1) is 23.7. The smallest absolute Gasteiger partial charge is 0.434 e. The van der Waals surface area contributed by atoms with Crippen molar-refractivity contribution in [2.45, 2.75) is 109 Å². The average Bonchev–Trinajstić information content (AvgIpc) is 2.73. The van der Waals surface area contributed by atoms with Crippen LogP contribution in [-0.2, 0) is 21.5 Å². The van der Waals surface area contributed by atoms with Crippen LogP contribution >= 0.6 is 0 Å². The summed E-state index contributed by atoms with van der Waals surface area (Å²) >= 11 is 0. The molecule has 164 valence electrons. The molecule has 1 aliphatic carbocycles. The van der Waals surface area contributed by atoms with Crippen molar-refractivity contribution in [1.29, 1.82) is 0 Å². The second-order valence-corrected chi connectivity index (χ2v) is 8.52. The van der Waals surface area contributed by atoms with Gasteiger partial charge < -0.3 is 14.6 Å². The minimum Gasteiger partial charge on any atom is -0.434 e. The molecule has 0 aliphatic heterocycles. The topological polar surface area (TPSA) is 55.8 Å². The number of carbonyl (C=O) groups excluding carboxylic acids is 1. The fourth-order valence-corrected chi connectivity index (χ4v) is 4.07. The molecule has 1 aliphatic rings. The molecule has 1 aromatic rings. The Balaban J connectivity index is 1.69. The Morgan fingerprint density at radius 2 is 1.59 bits per heavy atom. The third-order valence-electron chi connectivity index (χ3n) is 6.05. The maximum Gasteiger partial charge on any atom is 0.508 e. The number of benzene rings is 1. The van der Waals surface area contributed by atoms with E-state index in [-0.39, 0.29) is 6.10 Å². The molecule has 0 spiro atoms. The van der Waals surface area contributed by atoms with Crippen LogP contribution in [0.4, 0.5) is 4.79 Å². The van der Waals surface area contributed by atoms with Gasteiger partial charge in [0.25, 0.3) is 0 Å². The van der Waals surface area contributed by atoms with E-state index in [0.717, 1.165) is 24.8 Å². The summed E-state index contributed by atoms with van der Waals surface area (Å²) in [7, 11) is 0. The van der Waals surface area contributed by atoms with E-state index in [4.69, 9.17) is 9.47 Å². The molecule has 2 rings (SSSR count). The number of hydrogen-bond acceptors (Lipinski definition) is 4. The SMILES string of the molecule is CCCCCCCOC(=O)OC1CCC(O)(c2ccc(CCCCC)cc2)CC1. The Morgan fingerprint density at radius 3 is 2.24 bits per heavy atom. The van der Waals surface area contributed by atoms with Gasteiger partial charge in [-0.1, -0.05) is 76.6 Å². The van der Waals surface area contributed by atoms with Crippen LogP contribution in [0.3, 0.4) is 0 Å². The third-order valence-corrected chi connectivity index (χ3v) is 6.05. The lowest BCUT2D eigenvalue weighted by Crippen LogP contribution is -2.35. The summed E-state index contributed by atoms with van der Waals surface area (Å²) in [5.41, 5.74) is 1.50. The Bertz CT molecular complexity index is 573. The van der Waals surface area contributed by atoms with Crippen LogP contribution < -0.4 is 0 Å². The van der Waals surface area contributed by atoms with E-state index in [1.54, 1.807) is 0 Å². The summed E-state index contributed by atoms with van der Waals surface area (Å²) in [6, 6.07) is 8.41. The summed E-state index contributed by atoms with van der Waals surface area (Å²) in [5, 5.41) is 11.1. The molecule has 0 aromatic heterocycles. The van der Waals surface area contributed by atoms with Crippen molar-refractivity contribution in [3.05, 3.63) is 35.4 Å². The van der Waals surface area contributed by atoms with Gasteiger partial charge in [0.2, 0.25) is 0 Å². The van der Waals surface area contributed by atoms with Crippen LogP contribution in [0.15, 0.2) is 24.3 Å². The van der Waals surface area contributed by atoms with Gasteiger partial charge in [0.1, 0.15) is 6.10 Å². The molecule has 0 saturated heterocycles. The molecule has 29 heavy (non-hydrogen) atoms. The second kappa shape index (κ2) is 12.9. The third kappa shape index (κ3) is 8.38. The van der Waals surface area contributed by atoms with Crippen molar-refractivity contribution in [2.75, 3.05) is 6.61 Å². The lowest BCUT2D eigenvalue weighted by molar-refractivity contribution is -0.0538. The van der Waals surface area contributed by atoms with Gasteiger partial charge in [0, 0.05) is 0 Å². The average molecular weight is 405 g/mol. The number of hydrogen-bond donors (Lipinski definition) is 1. The molecule has 0 heterocycles. The number of rotatable bonds is 12. The van der Waals surface area contributed by atoms with Crippen LogP contribution in [-0.4, -0.2) is 24.0 Å². The van der Waals surface area contributed by atoms with E-state index < -0.39 is 11.8 Å². The van der Waals surface area contributed by atoms with Crippen LogP contribution in [0.5, 0.6) is 0 Å². The number of carbonyl (C=O) groups is 1. The van der Waals surface area contributed by atoms with Crippen LogP contribution in [0.25, 0.3) is 0 Å². The Hall–Kier alpha value is -1.55. The standard InChI is InChI=1S/C25H40O4/c1-3-5-7-8-10-20-28-24(26)29-23-16-18-25(27,19-17-23)22-14-12-21(13-15-22)11-9-6-4-2/h12-15,23,27H,3-11,16-20H2,1-2H3. The van der Waals surface area contributed by atoms with E-state index in [1.807, 2.05) is 0 Å². The monoisotopic (exact) mass is 404 g/mol. The van der Waals surface area contributed by atoms with Gasteiger partial charge in [-0.05, 0) is 56.1 Å². The Morgan fingerprint density at radius 1 is 0.966 bits per heavy atom. The molecular formula is C25H40O4. The first-order valence-electron chi connectivity index (χ1n) is 11.7. The summed E-state index contributed by atoms with van der Waals surface area (Å²) in [5.74, 6) is 0. The van der Waals surface area contributed by atoms with Crippen LogP contribution in [0.2, 0.25) is 0 Å². The molecule has 0 radical (unpaired) electrons. The molecule has 4 heteroatoms. The largest absolute Gasteiger partial charge is 0.508 e. The van der Waals surface area contributed by atoms with Crippen molar-refractivity contribution in [3.8, 4) is 0 Å². The minimum absolute atomic E-state index is 0.156. The summed E-state index contributed by atoms with van der Waals surface area (Å²) < 4.78 is 10.6. The van der Waals surface area contributed by atoms with Gasteiger partial charge in [-0.15, -0.1) is 0 Å². The predicted molar refractivity (Wildman–Crippen MR) is 117 cm³/mol. The first-order valence-corrected chi connectivity index (χ1v) is 11.7. The first-order chi connectivity index (χ1) is 14.1. The number of aliphatic hydroxyl groups is 1. The van der Waals surface area contributed by atoms with Gasteiger partial charge >= 0.3 is 6.16 Å². The van der Waals surface area contributed by atoms with E-state index in [0.29, 0.717) is 32.3 Å². The predicted octanol–water partition coefficient (Wildman–Crippen LogP) is 6.67. The zero-order chi connectivity index (χ0) is 21.0. The highest BCUT2D eigenvalue weighted by Gasteiger charge is 2.36. The molecule has 1 aromatic carbocycles. The zero-order valence-electron chi connectivity index (χ0n) is 18.5. The Labute approximate surface area is 177 Å². The number of unbranched alkanes of at least 4 members (excludes halogenated alkanes) is 6. The molecule has 0 amide bonds. The van der Waals surface area contributed by atoms with Crippen molar-refractivity contribution >= 4 is 6.16 Å². The molecular weight excluding hydrogens is 364 g/mol. The van der Waals surface area contributed by atoms with E-state index >= 15 is 0 Å². The molecule has 0 unspecified atom stereocenters. The fraction of sp³-hybridized carbons (Fsp3) is 0.720. The van der Waals surface area contributed by atoms with Gasteiger partial charge in [0.05, 0.1) is 12.2 Å². The van der Waals surface area contributed by atoms with E-state index in [2.05, 4.69) is 38.1 Å². The molecule has 1 N–H and O–H groups in total. The maximum absolute atomic E-state index is 11.9. The highest BCUT2D eigenvalue weighted by molar-refractivity contribution is 5.60. The van der Waals surface area contributed by atoms with E-state index in [1.165, 1.54) is 44.1 Å². The van der Waals surface area contributed by atoms with Crippen molar-refractivity contribution in [3.63, 3.8) is 0 Å². The molecule has 0 atom stereocenters. The highest BCUT2D eigenvalue weighted by Crippen LogP contribution is 2.38. The highest BCUT2D eigenvalue weighted by atomic mass is 16.7. The van der Waals surface area contributed by atoms with Gasteiger partial charge in [0.15, 0.2) is 0 Å². The van der Waals surface area contributed by atoms with Crippen LogP contribution in [0, 0.1) is 0 Å². The van der Waals surface area contributed by atoms with Gasteiger partial charge in [-0.25, -0.2) is 4.79 Å². The maximum atomic E-state index is 11.9. The fourth-order valence-electron chi connectivity index (χ4n) is 4.07. The van der Waals surface area contributed by atoms with E-state index in [9.17, 15) is 9.90 Å². The normalized spacial score (nSPS) is 21.7. The number of aryl methyl sites for hydroxylation is 1. The molecule has 4 nitrogen and oxygen atoms in total. The van der Waals surface area contributed by atoms with Gasteiger partial charge in [-0.3, -0.25) is 0 Å². The summed E-state index contributed by atoms with van der Waals surface area (Å²) in [6.45, 7) is 4.83. The van der Waals surface area contributed by atoms with Crippen LogP contribution in [0.1, 0.15) is 102 Å². The zero-order valence-corrected chi connectivity index (χ0v) is 18.5. The van der Waals surface area contributed by atoms with Crippen molar-refractivity contribution in [2.24, 2.45) is 0 Å². The minimum atomic E-state index is -0.814. The number of ether oxygens (including phenoxy) is 2. The van der Waals surface area contributed by atoms with Crippen molar-refractivity contribution in [1.82, 2.24) is 0 Å². The van der Waals surface area contributed by atoms with Gasteiger partial charge in [-0.2, -0.15) is 0 Å². The Kier molecular flexibility index (Phi) is 10.5. The lowest BCUT2D eigenvalue weighted by atomic mass is 9.78.